The van der Waals surface area contributed by atoms with E-state index in [9.17, 15) is 4.79 Å². The number of benzene rings is 1. The second-order valence-corrected chi connectivity index (χ2v) is 5.90. The minimum absolute atomic E-state index is 0.108. The van der Waals surface area contributed by atoms with Crippen LogP contribution in [0, 0.1) is 0 Å². The predicted molar refractivity (Wildman–Crippen MR) is 83.4 cm³/mol. The highest BCUT2D eigenvalue weighted by Crippen LogP contribution is 2.20. The van der Waals surface area contributed by atoms with Gasteiger partial charge >= 0.3 is 0 Å². The van der Waals surface area contributed by atoms with Crippen LogP contribution in [0.5, 0.6) is 0 Å². The lowest BCUT2D eigenvalue weighted by Crippen LogP contribution is -2.50. The van der Waals surface area contributed by atoms with Crippen molar-refractivity contribution in [1.29, 1.82) is 0 Å². The molecule has 110 valence electrons. The van der Waals surface area contributed by atoms with Gasteiger partial charge in [-0.2, -0.15) is 0 Å². The summed E-state index contributed by atoms with van der Waals surface area (Å²) in [6, 6.07) is 8.13. The summed E-state index contributed by atoms with van der Waals surface area (Å²) in [6.07, 6.45) is 0. The lowest BCUT2D eigenvalue weighted by atomic mass is 10.2. The Bertz CT molecular complexity index is 456. The first-order chi connectivity index (χ1) is 9.54. The molecule has 20 heavy (non-hydrogen) atoms. The largest absolute Gasteiger partial charge is 0.369 e. The van der Waals surface area contributed by atoms with Crippen LogP contribution in [0.15, 0.2) is 24.3 Å². The fourth-order valence-electron chi connectivity index (χ4n) is 2.41. The van der Waals surface area contributed by atoms with Crippen molar-refractivity contribution < 1.29 is 4.79 Å². The average Bonchev–Trinajstić information content (AvgIpc) is 2.38. The zero-order valence-corrected chi connectivity index (χ0v) is 12.9. The van der Waals surface area contributed by atoms with E-state index in [4.69, 9.17) is 11.6 Å². The van der Waals surface area contributed by atoms with E-state index in [1.54, 1.807) is 0 Å². The summed E-state index contributed by atoms with van der Waals surface area (Å²) in [7, 11) is 0. The number of hydrogen-bond acceptors (Lipinski definition) is 3. The summed E-state index contributed by atoms with van der Waals surface area (Å²) >= 11 is 6.02. The van der Waals surface area contributed by atoms with Crippen molar-refractivity contribution in [2.24, 2.45) is 0 Å². The van der Waals surface area contributed by atoms with Crippen LogP contribution in [0.2, 0.25) is 5.02 Å². The second-order valence-electron chi connectivity index (χ2n) is 5.47. The van der Waals surface area contributed by atoms with Crippen LogP contribution < -0.4 is 10.2 Å². The topological polar surface area (TPSA) is 35.6 Å². The van der Waals surface area contributed by atoms with Gasteiger partial charge in [-0.1, -0.05) is 17.7 Å². The van der Waals surface area contributed by atoms with Crippen LogP contribution >= 0.6 is 11.6 Å². The molecule has 1 N–H and O–H groups in total. The zero-order valence-electron chi connectivity index (χ0n) is 12.1. The number of halogens is 1. The van der Waals surface area contributed by atoms with E-state index in [1.165, 1.54) is 0 Å². The van der Waals surface area contributed by atoms with E-state index in [0.29, 0.717) is 6.54 Å². The van der Waals surface area contributed by atoms with E-state index in [2.05, 4.69) is 21.2 Å². The zero-order chi connectivity index (χ0) is 14.5. The van der Waals surface area contributed by atoms with E-state index >= 15 is 0 Å². The van der Waals surface area contributed by atoms with Crippen molar-refractivity contribution in [1.82, 2.24) is 10.2 Å². The van der Waals surface area contributed by atoms with Gasteiger partial charge in [0.15, 0.2) is 0 Å². The monoisotopic (exact) mass is 295 g/mol. The number of anilines is 1. The molecule has 1 heterocycles. The van der Waals surface area contributed by atoms with Crippen molar-refractivity contribution in [3.63, 3.8) is 0 Å². The number of nitrogens with zero attached hydrogens (tertiary/aromatic N) is 2. The first kappa shape index (κ1) is 15.1. The van der Waals surface area contributed by atoms with Gasteiger partial charge in [0.2, 0.25) is 5.91 Å². The highest BCUT2D eigenvalue weighted by Gasteiger charge is 2.19. The van der Waals surface area contributed by atoms with Gasteiger partial charge in [0.25, 0.3) is 0 Å². The SMILES string of the molecule is CC(C)NC(=O)CN1CCN(c2cccc(Cl)c2)CC1. The molecule has 1 aliphatic rings. The first-order valence-corrected chi connectivity index (χ1v) is 7.44. The molecule has 0 radical (unpaired) electrons. The van der Waals surface area contributed by atoms with Crippen LogP contribution in [0.1, 0.15) is 13.8 Å². The molecule has 2 rings (SSSR count). The number of hydrogen-bond donors (Lipinski definition) is 1. The molecule has 4 nitrogen and oxygen atoms in total. The number of carbonyl (C=O) groups is 1. The molecule has 1 saturated heterocycles. The minimum atomic E-state index is 0.108. The maximum absolute atomic E-state index is 11.7. The van der Waals surface area contributed by atoms with Gasteiger partial charge in [0, 0.05) is 42.9 Å². The summed E-state index contributed by atoms with van der Waals surface area (Å²) in [6.45, 7) is 8.10. The third-order valence-electron chi connectivity index (χ3n) is 3.36. The van der Waals surface area contributed by atoms with Crippen molar-refractivity contribution in [3.8, 4) is 0 Å². The lowest BCUT2D eigenvalue weighted by molar-refractivity contribution is -0.122. The Morgan fingerprint density at radius 3 is 2.60 bits per heavy atom. The van der Waals surface area contributed by atoms with E-state index in [1.807, 2.05) is 32.0 Å². The molecule has 0 atom stereocenters. The quantitative estimate of drug-likeness (QED) is 0.923. The number of piperazine rings is 1. The van der Waals surface area contributed by atoms with Crippen molar-refractivity contribution in [2.45, 2.75) is 19.9 Å². The Balaban J connectivity index is 1.82. The highest BCUT2D eigenvalue weighted by molar-refractivity contribution is 6.30. The predicted octanol–water partition coefficient (Wildman–Crippen LogP) is 1.99. The summed E-state index contributed by atoms with van der Waals surface area (Å²) < 4.78 is 0. The first-order valence-electron chi connectivity index (χ1n) is 7.07. The van der Waals surface area contributed by atoms with Gasteiger partial charge in [-0.25, -0.2) is 0 Å². The maximum Gasteiger partial charge on any atom is 0.234 e. The molecule has 0 aliphatic carbocycles. The normalized spacial score (nSPS) is 16.5. The van der Waals surface area contributed by atoms with Crippen molar-refractivity contribution in [3.05, 3.63) is 29.3 Å². The Morgan fingerprint density at radius 1 is 1.30 bits per heavy atom. The molecule has 0 bridgehead atoms. The molecule has 1 aromatic carbocycles. The molecule has 1 aliphatic heterocycles. The molecule has 0 saturated carbocycles. The maximum atomic E-state index is 11.7. The molecule has 1 amide bonds. The summed E-state index contributed by atoms with van der Waals surface area (Å²) in [5.41, 5.74) is 1.16. The van der Waals surface area contributed by atoms with Crippen molar-refractivity contribution in [2.75, 3.05) is 37.6 Å². The fraction of sp³-hybridized carbons (Fsp3) is 0.533. The fourth-order valence-corrected chi connectivity index (χ4v) is 2.59. The van der Waals surface area contributed by atoms with Crippen molar-refractivity contribution >= 4 is 23.2 Å². The number of carbonyl (C=O) groups excluding carboxylic acids is 1. The smallest absolute Gasteiger partial charge is 0.234 e. The third kappa shape index (κ3) is 4.39. The van der Waals surface area contributed by atoms with Gasteiger partial charge in [0.1, 0.15) is 0 Å². The van der Waals surface area contributed by atoms with Gasteiger partial charge in [-0.3, -0.25) is 9.69 Å². The Hall–Kier alpha value is -1.26. The van der Waals surface area contributed by atoms with Crippen LogP contribution in [0.4, 0.5) is 5.69 Å². The summed E-state index contributed by atoms with van der Waals surface area (Å²) in [5.74, 6) is 0.108. The van der Waals surface area contributed by atoms with Crippen LogP contribution in [0.25, 0.3) is 0 Å². The standard InChI is InChI=1S/C15H22ClN3O/c1-12(2)17-15(20)11-18-6-8-19(9-7-18)14-5-3-4-13(16)10-14/h3-5,10,12H,6-9,11H2,1-2H3,(H,17,20). The lowest BCUT2D eigenvalue weighted by Gasteiger charge is -2.35. The number of rotatable bonds is 4. The average molecular weight is 296 g/mol. The van der Waals surface area contributed by atoms with E-state index in [0.717, 1.165) is 36.9 Å². The Labute approximate surface area is 125 Å². The molecule has 0 spiro atoms. The Morgan fingerprint density at radius 2 is 2.00 bits per heavy atom. The molecular formula is C15H22ClN3O. The third-order valence-corrected chi connectivity index (χ3v) is 3.60. The molecule has 1 aromatic rings. The molecular weight excluding hydrogens is 274 g/mol. The Kier molecular flexibility index (Phi) is 5.26. The minimum Gasteiger partial charge on any atom is -0.369 e. The van der Waals surface area contributed by atoms with Gasteiger partial charge in [-0.05, 0) is 32.0 Å². The summed E-state index contributed by atoms with van der Waals surface area (Å²) in [5, 5.41) is 3.69. The van der Waals surface area contributed by atoms with Crippen LogP contribution in [-0.2, 0) is 4.79 Å². The van der Waals surface area contributed by atoms with Crippen LogP contribution in [-0.4, -0.2) is 49.6 Å². The molecule has 5 heteroatoms. The number of nitrogens with one attached hydrogen (secondary N) is 1. The van der Waals surface area contributed by atoms with E-state index in [-0.39, 0.29) is 11.9 Å². The molecule has 1 fully saturated rings. The molecule has 0 unspecified atom stereocenters. The molecule has 0 aromatic heterocycles. The summed E-state index contributed by atoms with van der Waals surface area (Å²) in [4.78, 5) is 16.2. The van der Waals surface area contributed by atoms with Gasteiger partial charge in [-0.15, -0.1) is 0 Å². The van der Waals surface area contributed by atoms with Gasteiger partial charge in [0.05, 0.1) is 6.54 Å². The highest BCUT2D eigenvalue weighted by atomic mass is 35.5. The van der Waals surface area contributed by atoms with E-state index < -0.39 is 0 Å². The van der Waals surface area contributed by atoms with Crippen LogP contribution in [0.3, 0.4) is 0 Å². The number of amides is 1. The second kappa shape index (κ2) is 6.95. The van der Waals surface area contributed by atoms with Gasteiger partial charge < -0.3 is 10.2 Å².